The SMILES string of the molecule is CS(=O)(=O)NCCNC1CCCCCCCCCCC1. The van der Waals surface area contributed by atoms with Crippen molar-refractivity contribution in [2.24, 2.45) is 0 Å². The van der Waals surface area contributed by atoms with Gasteiger partial charge in [0.2, 0.25) is 10.0 Å². The number of nitrogens with one attached hydrogen (secondary N) is 2. The summed E-state index contributed by atoms with van der Waals surface area (Å²) >= 11 is 0. The van der Waals surface area contributed by atoms with E-state index in [1.807, 2.05) is 0 Å². The molecule has 1 saturated carbocycles. The van der Waals surface area contributed by atoms with Crippen LogP contribution in [0.2, 0.25) is 0 Å². The molecule has 0 amide bonds. The van der Waals surface area contributed by atoms with Crippen LogP contribution in [0.1, 0.15) is 70.6 Å². The van der Waals surface area contributed by atoms with Gasteiger partial charge >= 0.3 is 0 Å². The summed E-state index contributed by atoms with van der Waals surface area (Å²) in [6, 6.07) is 0.566. The molecule has 20 heavy (non-hydrogen) atoms. The van der Waals surface area contributed by atoms with E-state index in [0.29, 0.717) is 12.6 Å². The van der Waals surface area contributed by atoms with Crippen LogP contribution in [-0.4, -0.2) is 33.8 Å². The van der Waals surface area contributed by atoms with Gasteiger partial charge in [-0.25, -0.2) is 13.1 Å². The lowest BCUT2D eigenvalue weighted by Crippen LogP contribution is -2.36. The fourth-order valence-electron chi connectivity index (χ4n) is 2.88. The lowest BCUT2D eigenvalue weighted by atomic mass is 9.98. The maximum atomic E-state index is 11.0. The third-order valence-electron chi connectivity index (χ3n) is 4.03. The van der Waals surface area contributed by atoms with E-state index in [9.17, 15) is 8.42 Å². The maximum absolute atomic E-state index is 11.0. The van der Waals surface area contributed by atoms with Crippen molar-refractivity contribution in [3.63, 3.8) is 0 Å². The fourth-order valence-corrected chi connectivity index (χ4v) is 3.35. The largest absolute Gasteiger partial charge is 0.313 e. The maximum Gasteiger partial charge on any atom is 0.208 e. The van der Waals surface area contributed by atoms with Crippen LogP contribution in [0.3, 0.4) is 0 Å². The molecule has 0 unspecified atom stereocenters. The van der Waals surface area contributed by atoms with E-state index in [2.05, 4.69) is 10.0 Å². The molecule has 0 aliphatic heterocycles. The zero-order valence-electron chi connectivity index (χ0n) is 13.0. The van der Waals surface area contributed by atoms with Crippen molar-refractivity contribution < 1.29 is 8.42 Å². The minimum Gasteiger partial charge on any atom is -0.313 e. The lowest BCUT2D eigenvalue weighted by Gasteiger charge is -2.19. The number of hydrogen-bond donors (Lipinski definition) is 2. The Morgan fingerprint density at radius 2 is 1.25 bits per heavy atom. The molecule has 0 bridgehead atoms. The first-order valence-corrected chi connectivity index (χ1v) is 10.1. The van der Waals surface area contributed by atoms with Gasteiger partial charge in [0.15, 0.2) is 0 Å². The molecule has 0 spiro atoms. The third-order valence-corrected chi connectivity index (χ3v) is 4.76. The van der Waals surface area contributed by atoms with E-state index in [4.69, 9.17) is 0 Å². The number of sulfonamides is 1. The van der Waals surface area contributed by atoms with E-state index in [1.165, 1.54) is 76.9 Å². The van der Waals surface area contributed by atoms with Crippen molar-refractivity contribution in [3.8, 4) is 0 Å². The minimum atomic E-state index is -3.05. The van der Waals surface area contributed by atoms with Crippen molar-refractivity contribution in [1.29, 1.82) is 0 Å². The van der Waals surface area contributed by atoms with E-state index in [1.54, 1.807) is 0 Å². The normalized spacial score (nSPS) is 21.1. The van der Waals surface area contributed by atoms with Crippen LogP contribution in [-0.2, 0) is 10.0 Å². The van der Waals surface area contributed by atoms with Crippen LogP contribution in [0.15, 0.2) is 0 Å². The zero-order chi connectivity index (χ0) is 14.7. The Bertz CT molecular complexity index is 319. The third kappa shape index (κ3) is 10.6. The number of hydrogen-bond acceptors (Lipinski definition) is 3. The highest BCUT2D eigenvalue weighted by molar-refractivity contribution is 7.88. The molecular formula is C15H32N2O2S. The Balaban J connectivity index is 2.21. The summed E-state index contributed by atoms with van der Waals surface area (Å²) in [6.07, 6.45) is 15.9. The second-order valence-electron chi connectivity index (χ2n) is 6.08. The van der Waals surface area contributed by atoms with Gasteiger partial charge in [-0.3, -0.25) is 0 Å². The van der Waals surface area contributed by atoms with E-state index in [0.717, 1.165) is 6.54 Å². The molecule has 0 heterocycles. The van der Waals surface area contributed by atoms with Crippen LogP contribution in [0.25, 0.3) is 0 Å². The Labute approximate surface area is 125 Å². The summed E-state index contributed by atoms with van der Waals surface area (Å²) in [5, 5.41) is 3.52. The van der Waals surface area contributed by atoms with Gasteiger partial charge in [-0.05, 0) is 12.8 Å². The van der Waals surface area contributed by atoms with Crippen LogP contribution in [0.5, 0.6) is 0 Å². The zero-order valence-corrected chi connectivity index (χ0v) is 13.8. The molecule has 1 fully saturated rings. The van der Waals surface area contributed by atoms with Crippen LogP contribution < -0.4 is 10.0 Å². The minimum absolute atomic E-state index is 0.495. The predicted molar refractivity (Wildman–Crippen MR) is 85.4 cm³/mol. The highest BCUT2D eigenvalue weighted by Gasteiger charge is 2.09. The van der Waals surface area contributed by atoms with Crippen molar-refractivity contribution in [2.75, 3.05) is 19.3 Å². The van der Waals surface area contributed by atoms with Crippen LogP contribution in [0, 0.1) is 0 Å². The van der Waals surface area contributed by atoms with Crippen LogP contribution >= 0.6 is 0 Å². The second kappa shape index (κ2) is 10.6. The summed E-state index contributed by atoms with van der Waals surface area (Å²) in [7, 11) is -3.05. The molecular weight excluding hydrogens is 272 g/mol. The average molecular weight is 305 g/mol. The molecule has 0 aromatic carbocycles. The lowest BCUT2D eigenvalue weighted by molar-refractivity contribution is 0.406. The second-order valence-corrected chi connectivity index (χ2v) is 7.91. The van der Waals surface area contributed by atoms with E-state index < -0.39 is 10.0 Å². The molecule has 0 aromatic rings. The summed E-state index contributed by atoms with van der Waals surface area (Å²) < 4.78 is 24.5. The van der Waals surface area contributed by atoms with Gasteiger partial charge < -0.3 is 5.32 Å². The highest BCUT2D eigenvalue weighted by atomic mass is 32.2. The summed E-state index contributed by atoms with van der Waals surface area (Å²) in [5.74, 6) is 0. The molecule has 120 valence electrons. The summed E-state index contributed by atoms with van der Waals surface area (Å²) in [6.45, 7) is 1.23. The Kier molecular flexibility index (Phi) is 9.48. The fraction of sp³-hybridized carbons (Fsp3) is 1.00. The predicted octanol–water partition coefficient (Wildman–Crippen LogP) is 2.80. The van der Waals surface area contributed by atoms with Gasteiger partial charge in [-0.2, -0.15) is 0 Å². The monoisotopic (exact) mass is 304 g/mol. The van der Waals surface area contributed by atoms with Gasteiger partial charge in [0.1, 0.15) is 0 Å². The first-order chi connectivity index (χ1) is 9.58. The van der Waals surface area contributed by atoms with Gasteiger partial charge in [0.25, 0.3) is 0 Å². The van der Waals surface area contributed by atoms with E-state index >= 15 is 0 Å². The molecule has 1 aliphatic carbocycles. The van der Waals surface area contributed by atoms with Gasteiger partial charge in [-0.1, -0.05) is 57.8 Å². The van der Waals surface area contributed by atoms with Gasteiger partial charge in [-0.15, -0.1) is 0 Å². The molecule has 0 aromatic heterocycles. The summed E-state index contributed by atoms with van der Waals surface area (Å²) in [5.41, 5.74) is 0. The van der Waals surface area contributed by atoms with Gasteiger partial charge in [0, 0.05) is 19.1 Å². The van der Waals surface area contributed by atoms with Crippen molar-refractivity contribution in [3.05, 3.63) is 0 Å². The Morgan fingerprint density at radius 3 is 1.70 bits per heavy atom. The van der Waals surface area contributed by atoms with Crippen LogP contribution in [0.4, 0.5) is 0 Å². The first kappa shape index (κ1) is 17.9. The van der Waals surface area contributed by atoms with Crippen molar-refractivity contribution in [2.45, 2.75) is 76.7 Å². The molecule has 0 radical (unpaired) electrons. The topological polar surface area (TPSA) is 58.2 Å². The van der Waals surface area contributed by atoms with E-state index in [-0.39, 0.29) is 0 Å². The smallest absolute Gasteiger partial charge is 0.208 e. The molecule has 0 saturated heterocycles. The van der Waals surface area contributed by atoms with Crippen molar-refractivity contribution >= 4 is 10.0 Å². The molecule has 4 nitrogen and oxygen atoms in total. The molecule has 1 rings (SSSR count). The van der Waals surface area contributed by atoms with Gasteiger partial charge in [0.05, 0.1) is 6.26 Å². The Morgan fingerprint density at radius 1 is 0.800 bits per heavy atom. The summed E-state index contributed by atoms with van der Waals surface area (Å²) in [4.78, 5) is 0. The number of rotatable bonds is 5. The molecule has 1 aliphatic rings. The molecule has 5 heteroatoms. The Hall–Kier alpha value is -0.130. The quantitative estimate of drug-likeness (QED) is 0.768. The molecule has 2 N–H and O–H groups in total. The molecule has 0 atom stereocenters. The highest BCUT2D eigenvalue weighted by Crippen LogP contribution is 2.16. The standard InChI is InChI=1S/C15H32N2O2S/c1-20(18,19)17-14-13-16-15-11-9-7-5-3-2-4-6-8-10-12-15/h15-17H,2-14H2,1H3. The van der Waals surface area contributed by atoms with Crippen molar-refractivity contribution in [1.82, 2.24) is 10.0 Å². The first-order valence-electron chi connectivity index (χ1n) is 8.26. The average Bonchev–Trinajstić information content (AvgIpc) is 2.36.